The average molecular weight is 428 g/mol. The van der Waals surface area contributed by atoms with E-state index in [2.05, 4.69) is 5.32 Å². The Morgan fingerprint density at radius 2 is 1.79 bits per heavy atom. The number of nitrogens with one attached hydrogen (secondary N) is 1. The molecule has 0 aliphatic carbocycles. The summed E-state index contributed by atoms with van der Waals surface area (Å²) in [5.41, 5.74) is 0.179. The first-order valence-electron chi connectivity index (χ1n) is 9.60. The zero-order valence-electron chi connectivity index (χ0n) is 16.5. The molecule has 0 spiro atoms. The van der Waals surface area contributed by atoms with Gasteiger partial charge in [0.1, 0.15) is 5.60 Å². The van der Waals surface area contributed by atoms with Gasteiger partial charge in [0, 0.05) is 35.4 Å². The van der Waals surface area contributed by atoms with Crippen LogP contribution >= 0.6 is 23.2 Å². The number of anilines is 1. The molecule has 2 aliphatic heterocycles. The first kappa shape index (κ1) is 21.1. The molecule has 2 saturated heterocycles. The van der Waals surface area contributed by atoms with Crippen LogP contribution in [0, 0.1) is 5.92 Å². The standard InChI is InChI=1S/C20H27Cl2N3O3/c1-20(2,3)28-19(27)25-7-5-13-4-6-24(12-17(13)25)18(26)11-23-16-9-14(21)8-15(22)10-16/h8-10,13,17,23H,4-7,11-12H2,1-3H3/t13-,17-/m0/s1. The second-order valence-electron chi connectivity index (χ2n) is 8.43. The first-order chi connectivity index (χ1) is 13.1. The van der Waals surface area contributed by atoms with Gasteiger partial charge in [-0.25, -0.2) is 4.79 Å². The average Bonchev–Trinajstić information content (AvgIpc) is 3.00. The predicted octanol–water partition coefficient (Wildman–Crippen LogP) is 4.26. The lowest BCUT2D eigenvalue weighted by Crippen LogP contribution is -2.53. The van der Waals surface area contributed by atoms with Crippen molar-refractivity contribution in [1.29, 1.82) is 0 Å². The Balaban J connectivity index is 1.58. The molecule has 1 N–H and O–H groups in total. The molecule has 1 aromatic carbocycles. The number of carbonyl (C=O) groups excluding carboxylic acids is 2. The third-order valence-electron chi connectivity index (χ3n) is 5.15. The topological polar surface area (TPSA) is 61.9 Å². The number of rotatable bonds is 3. The van der Waals surface area contributed by atoms with Crippen LogP contribution in [0.25, 0.3) is 0 Å². The van der Waals surface area contributed by atoms with E-state index >= 15 is 0 Å². The Bertz CT molecular complexity index is 730. The molecule has 8 heteroatoms. The fraction of sp³-hybridized carbons (Fsp3) is 0.600. The maximum Gasteiger partial charge on any atom is 0.410 e. The minimum atomic E-state index is -0.526. The number of benzene rings is 1. The third-order valence-corrected chi connectivity index (χ3v) is 5.59. The molecule has 6 nitrogen and oxygen atoms in total. The van der Waals surface area contributed by atoms with Crippen LogP contribution in [0.1, 0.15) is 33.6 Å². The first-order valence-corrected chi connectivity index (χ1v) is 10.4. The zero-order valence-corrected chi connectivity index (χ0v) is 18.0. The van der Waals surface area contributed by atoms with E-state index in [0.717, 1.165) is 12.8 Å². The monoisotopic (exact) mass is 427 g/mol. The molecule has 1 aromatic rings. The Morgan fingerprint density at radius 3 is 2.43 bits per heavy atom. The fourth-order valence-corrected chi connectivity index (χ4v) is 4.39. The number of nitrogens with zero attached hydrogens (tertiary/aromatic N) is 2. The lowest BCUT2D eigenvalue weighted by Gasteiger charge is -2.38. The fourth-order valence-electron chi connectivity index (χ4n) is 3.86. The molecule has 0 aromatic heterocycles. The highest BCUT2D eigenvalue weighted by molar-refractivity contribution is 6.35. The van der Waals surface area contributed by atoms with Crippen LogP contribution in [0.2, 0.25) is 10.0 Å². The van der Waals surface area contributed by atoms with Crippen LogP contribution < -0.4 is 5.32 Å². The minimum absolute atomic E-state index is 0.00872. The van der Waals surface area contributed by atoms with Crippen LogP contribution in [0.15, 0.2) is 18.2 Å². The normalized spacial score (nSPS) is 22.0. The van der Waals surface area contributed by atoms with Gasteiger partial charge >= 0.3 is 6.09 Å². The van der Waals surface area contributed by atoms with E-state index in [1.54, 1.807) is 23.1 Å². The minimum Gasteiger partial charge on any atom is -0.444 e. The van der Waals surface area contributed by atoms with Crippen molar-refractivity contribution in [3.8, 4) is 0 Å². The molecule has 0 bridgehead atoms. The summed E-state index contributed by atoms with van der Waals surface area (Å²) in [4.78, 5) is 28.8. The molecule has 3 rings (SSSR count). The van der Waals surface area contributed by atoms with Crippen LogP contribution in [0.4, 0.5) is 10.5 Å². The lowest BCUT2D eigenvalue weighted by atomic mass is 9.92. The molecule has 2 amide bonds. The number of amides is 2. The number of ether oxygens (including phenoxy) is 1. The van der Waals surface area contributed by atoms with E-state index in [1.165, 1.54) is 0 Å². The number of hydrogen-bond donors (Lipinski definition) is 1. The van der Waals surface area contributed by atoms with Gasteiger partial charge in [-0.3, -0.25) is 4.79 Å². The van der Waals surface area contributed by atoms with Crippen LogP contribution in [0.5, 0.6) is 0 Å². The van der Waals surface area contributed by atoms with E-state index in [-0.39, 0.29) is 24.6 Å². The van der Waals surface area contributed by atoms with Gasteiger partial charge < -0.3 is 19.9 Å². The van der Waals surface area contributed by atoms with Gasteiger partial charge in [0.25, 0.3) is 0 Å². The number of likely N-dealkylation sites (tertiary alicyclic amines) is 2. The number of halogens is 2. The van der Waals surface area contributed by atoms with Gasteiger partial charge in [0.15, 0.2) is 0 Å². The molecule has 2 heterocycles. The summed E-state index contributed by atoms with van der Waals surface area (Å²) >= 11 is 12.0. The van der Waals surface area contributed by atoms with Gasteiger partial charge in [-0.15, -0.1) is 0 Å². The van der Waals surface area contributed by atoms with Gasteiger partial charge in [-0.05, 0) is 57.7 Å². The maximum absolute atomic E-state index is 12.7. The maximum atomic E-state index is 12.7. The van der Waals surface area contributed by atoms with E-state index < -0.39 is 5.60 Å². The van der Waals surface area contributed by atoms with Crippen molar-refractivity contribution in [2.75, 3.05) is 31.5 Å². The largest absolute Gasteiger partial charge is 0.444 e. The zero-order chi connectivity index (χ0) is 20.5. The van der Waals surface area contributed by atoms with Crippen molar-refractivity contribution in [1.82, 2.24) is 9.80 Å². The smallest absolute Gasteiger partial charge is 0.410 e. The Morgan fingerprint density at radius 1 is 1.14 bits per heavy atom. The highest BCUT2D eigenvalue weighted by atomic mass is 35.5. The second kappa shape index (κ2) is 8.37. The van der Waals surface area contributed by atoms with Crippen molar-refractivity contribution in [3.05, 3.63) is 28.2 Å². The molecule has 154 valence electrons. The van der Waals surface area contributed by atoms with Gasteiger partial charge in [-0.1, -0.05) is 23.2 Å². The second-order valence-corrected chi connectivity index (χ2v) is 9.30. The number of piperidine rings is 1. The lowest BCUT2D eigenvalue weighted by molar-refractivity contribution is -0.131. The molecule has 0 unspecified atom stereocenters. The van der Waals surface area contributed by atoms with Crippen LogP contribution in [-0.2, 0) is 9.53 Å². The summed E-state index contributed by atoms with van der Waals surface area (Å²) in [5, 5.41) is 4.11. The molecular weight excluding hydrogens is 401 g/mol. The summed E-state index contributed by atoms with van der Waals surface area (Å²) < 4.78 is 5.54. The molecule has 0 radical (unpaired) electrons. The van der Waals surface area contributed by atoms with Gasteiger partial charge in [0.2, 0.25) is 5.91 Å². The van der Waals surface area contributed by atoms with E-state index in [9.17, 15) is 9.59 Å². The highest BCUT2D eigenvalue weighted by Crippen LogP contribution is 2.33. The van der Waals surface area contributed by atoms with Crippen LogP contribution in [0.3, 0.4) is 0 Å². The molecule has 28 heavy (non-hydrogen) atoms. The molecule has 0 saturated carbocycles. The molecule has 2 aliphatic rings. The quantitative estimate of drug-likeness (QED) is 0.782. The van der Waals surface area contributed by atoms with Crippen LogP contribution in [-0.4, -0.2) is 59.6 Å². The SMILES string of the molecule is CC(C)(C)OC(=O)N1CC[C@@H]2CCN(C(=O)CNc3cc(Cl)cc(Cl)c3)C[C@@H]21. The Kier molecular flexibility index (Phi) is 6.30. The van der Waals surface area contributed by atoms with E-state index in [0.29, 0.717) is 41.3 Å². The number of hydrogen-bond acceptors (Lipinski definition) is 4. The van der Waals surface area contributed by atoms with Gasteiger partial charge in [-0.2, -0.15) is 0 Å². The Hall–Kier alpha value is -1.66. The van der Waals surface area contributed by atoms with Crippen molar-refractivity contribution in [3.63, 3.8) is 0 Å². The van der Waals surface area contributed by atoms with E-state index in [1.807, 2.05) is 25.7 Å². The van der Waals surface area contributed by atoms with Crippen molar-refractivity contribution < 1.29 is 14.3 Å². The Labute approximate surface area is 176 Å². The summed E-state index contributed by atoms with van der Waals surface area (Å²) in [6.07, 6.45) is 1.57. The number of carbonyl (C=O) groups is 2. The number of fused-ring (bicyclic) bond motifs is 1. The third kappa shape index (κ3) is 5.23. The summed E-state index contributed by atoms with van der Waals surface area (Å²) in [6.45, 7) is 7.68. The summed E-state index contributed by atoms with van der Waals surface area (Å²) in [7, 11) is 0. The van der Waals surface area contributed by atoms with Crippen molar-refractivity contribution in [2.24, 2.45) is 5.92 Å². The van der Waals surface area contributed by atoms with E-state index in [4.69, 9.17) is 27.9 Å². The molecular formula is C20H27Cl2N3O3. The predicted molar refractivity (Wildman–Crippen MR) is 111 cm³/mol. The molecule has 2 fully saturated rings. The molecule has 2 atom stereocenters. The van der Waals surface area contributed by atoms with Crippen molar-refractivity contribution >= 4 is 40.9 Å². The van der Waals surface area contributed by atoms with Gasteiger partial charge in [0.05, 0.1) is 12.6 Å². The summed E-state index contributed by atoms with van der Waals surface area (Å²) in [6, 6.07) is 5.13. The highest BCUT2D eigenvalue weighted by Gasteiger charge is 2.42. The summed E-state index contributed by atoms with van der Waals surface area (Å²) in [5.74, 6) is 0.418. The van der Waals surface area contributed by atoms with Crippen molar-refractivity contribution in [2.45, 2.75) is 45.3 Å².